The molecule has 0 aliphatic carbocycles. The van der Waals surface area contributed by atoms with Gasteiger partial charge in [-0.25, -0.2) is 4.79 Å². The minimum absolute atomic E-state index is 0.208. The summed E-state index contributed by atoms with van der Waals surface area (Å²) >= 11 is 0. The van der Waals surface area contributed by atoms with Crippen LogP contribution in [0.4, 0.5) is 4.79 Å². The van der Waals surface area contributed by atoms with Crippen molar-refractivity contribution in [3.63, 3.8) is 0 Å². The monoisotopic (exact) mass is 371 g/mol. The van der Waals surface area contributed by atoms with E-state index in [1.54, 1.807) is 17.2 Å². The summed E-state index contributed by atoms with van der Waals surface area (Å²) in [7, 11) is 1.37. The topological polar surface area (TPSA) is 75.0 Å². The Hall–Kier alpha value is -2.80. The van der Waals surface area contributed by atoms with Crippen molar-refractivity contribution < 1.29 is 14.6 Å². The molecule has 1 saturated heterocycles. The number of aryl methyl sites for hydroxylation is 1. The average Bonchev–Trinajstić information content (AvgIpc) is 2.69. The number of carbonyl (C=O) groups is 1. The molecule has 0 bridgehead atoms. The molecule has 1 fully saturated rings. The van der Waals surface area contributed by atoms with E-state index in [0.29, 0.717) is 44.8 Å². The van der Waals surface area contributed by atoms with E-state index in [1.165, 1.54) is 11.7 Å². The van der Waals surface area contributed by atoms with Crippen molar-refractivity contribution in [2.45, 2.75) is 20.0 Å². The molecule has 3 rings (SSSR count). The van der Waals surface area contributed by atoms with E-state index < -0.39 is 0 Å². The van der Waals surface area contributed by atoms with Gasteiger partial charge < -0.3 is 19.3 Å². The first-order chi connectivity index (χ1) is 13.0. The number of hydrogen-bond donors (Lipinski definition) is 1. The SMILES string of the molecule is COC(=O)N1CCN(Cc2ccn(Cc3ccc(C)cc3)c(=O)c2O)CC1. The molecular weight excluding hydrogens is 346 g/mol. The Bertz CT molecular complexity index is 853. The predicted octanol–water partition coefficient (Wildman–Crippen LogP) is 1.79. The van der Waals surface area contributed by atoms with Gasteiger partial charge in [0.2, 0.25) is 0 Å². The molecule has 2 heterocycles. The second kappa shape index (κ2) is 8.26. The smallest absolute Gasteiger partial charge is 0.409 e. The second-order valence-corrected chi connectivity index (χ2v) is 6.84. The van der Waals surface area contributed by atoms with Crippen LogP contribution >= 0.6 is 0 Å². The van der Waals surface area contributed by atoms with Crippen LogP contribution in [-0.2, 0) is 17.8 Å². The van der Waals surface area contributed by atoms with Crippen LogP contribution in [0.2, 0.25) is 0 Å². The van der Waals surface area contributed by atoms with E-state index in [9.17, 15) is 14.7 Å². The largest absolute Gasteiger partial charge is 0.503 e. The van der Waals surface area contributed by atoms with Gasteiger partial charge in [-0.05, 0) is 18.6 Å². The minimum atomic E-state index is -0.388. The van der Waals surface area contributed by atoms with Crippen LogP contribution in [0.1, 0.15) is 16.7 Å². The molecule has 1 aliphatic rings. The number of piperazine rings is 1. The molecule has 2 aromatic rings. The van der Waals surface area contributed by atoms with Gasteiger partial charge in [0.25, 0.3) is 5.56 Å². The Kier molecular flexibility index (Phi) is 5.81. The maximum absolute atomic E-state index is 12.5. The molecule has 0 spiro atoms. The van der Waals surface area contributed by atoms with Crippen LogP contribution in [0.3, 0.4) is 0 Å². The fraction of sp³-hybridized carbons (Fsp3) is 0.400. The lowest BCUT2D eigenvalue weighted by molar-refractivity contribution is 0.0885. The Morgan fingerprint density at radius 2 is 1.74 bits per heavy atom. The van der Waals surface area contributed by atoms with Crippen molar-refractivity contribution in [1.82, 2.24) is 14.4 Å². The van der Waals surface area contributed by atoms with Gasteiger partial charge in [-0.2, -0.15) is 0 Å². The number of benzene rings is 1. The molecule has 0 saturated carbocycles. The lowest BCUT2D eigenvalue weighted by Crippen LogP contribution is -2.48. The lowest BCUT2D eigenvalue weighted by Gasteiger charge is -2.33. The molecule has 1 aliphatic heterocycles. The van der Waals surface area contributed by atoms with Crippen molar-refractivity contribution >= 4 is 6.09 Å². The number of hydrogen-bond acceptors (Lipinski definition) is 5. The number of ether oxygens (including phenoxy) is 1. The molecule has 144 valence electrons. The minimum Gasteiger partial charge on any atom is -0.503 e. The van der Waals surface area contributed by atoms with Crippen LogP contribution in [0.25, 0.3) is 0 Å². The lowest BCUT2D eigenvalue weighted by atomic mass is 10.1. The molecule has 7 nitrogen and oxygen atoms in total. The van der Waals surface area contributed by atoms with Gasteiger partial charge in [0.1, 0.15) is 0 Å². The van der Waals surface area contributed by atoms with Crippen molar-refractivity contribution in [2.24, 2.45) is 0 Å². The number of amides is 1. The van der Waals surface area contributed by atoms with Gasteiger partial charge in [0, 0.05) is 44.5 Å². The normalized spacial score (nSPS) is 15.0. The fourth-order valence-electron chi connectivity index (χ4n) is 3.20. The molecule has 0 radical (unpaired) electrons. The number of rotatable bonds is 4. The summed E-state index contributed by atoms with van der Waals surface area (Å²) in [6.45, 7) is 5.38. The number of aromatic nitrogens is 1. The number of nitrogens with zero attached hydrogens (tertiary/aromatic N) is 3. The number of aromatic hydroxyl groups is 1. The standard InChI is InChI=1S/C20H25N3O4/c1-15-3-5-16(6-4-15)13-23-8-7-17(18(24)19(23)25)14-21-9-11-22(12-10-21)20(26)27-2/h3-8,24H,9-14H2,1-2H3. The van der Waals surface area contributed by atoms with Crippen molar-refractivity contribution in [3.05, 3.63) is 63.6 Å². The quantitative estimate of drug-likeness (QED) is 0.887. The maximum atomic E-state index is 12.5. The predicted molar refractivity (Wildman–Crippen MR) is 102 cm³/mol. The Balaban J connectivity index is 1.66. The van der Waals surface area contributed by atoms with E-state index in [1.807, 2.05) is 31.2 Å². The van der Waals surface area contributed by atoms with E-state index in [-0.39, 0.29) is 17.4 Å². The summed E-state index contributed by atoms with van der Waals surface area (Å²) in [4.78, 5) is 27.8. The molecule has 1 aromatic carbocycles. The third kappa shape index (κ3) is 4.49. The first-order valence-corrected chi connectivity index (χ1v) is 9.00. The zero-order chi connectivity index (χ0) is 19.4. The second-order valence-electron chi connectivity index (χ2n) is 6.84. The summed E-state index contributed by atoms with van der Waals surface area (Å²) < 4.78 is 6.24. The highest BCUT2D eigenvalue weighted by atomic mass is 16.5. The van der Waals surface area contributed by atoms with Gasteiger partial charge in [0.15, 0.2) is 5.75 Å². The van der Waals surface area contributed by atoms with Gasteiger partial charge >= 0.3 is 6.09 Å². The molecule has 1 amide bonds. The van der Waals surface area contributed by atoms with Crippen LogP contribution in [0.5, 0.6) is 5.75 Å². The van der Waals surface area contributed by atoms with Crippen molar-refractivity contribution in [1.29, 1.82) is 0 Å². The highest BCUT2D eigenvalue weighted by Crippen LogP contribution is 2.16. The zero-order valence-electron chi connectivity index (χ0n) is 15.7. The van der Waals surface area contributed by atoms with Crippen LogP contribution < -0.4 is 5.56 Å². The highest BCUT2D eigenvalue weighted by molar-refractivity contribution is 5.67. The van der Waals surface area contributed by atoms with Crippen LogP contribution in [0, 0.1) is 6.92 Å². The van der Waals surface area contributed by atoms with Gasteiger partial charge in [-0.15, -0.1) is 0 Å². The Labute approximate surface area is 158 Å². The van der Waals surface area contributed by atoms with E-state index in [4.69, 9.17) is 4.74 Å². The summed E-state index contributed by atoms with van der Waals surface area (Å²) in [5, 5.41) is 10.4. The summed E-state index contributed by atoms with van der Waals surface area (Å²) in [6, 6.07) is 9.75. The third-order valence-electron chi connectivity index (χ3n) is 4.90. The highest BCUT2D eigenvalue weighted by Gasteiger charge is 2.22. The average molecular weight is 371 g/mol. The van der Waals surface area contributed by atoms with Crippen molar-refractivity contribution in [2.75, 3.05) is 33.3 Å². The molecule has 0 atom stereocenters. The van der Waals surface area contributed by atoms with Crippen LogP contribution in [-0.4, -0.2) is 58.9 Å². The first-order valence-electron chi connectivity index (χ1n) is 9.00. The van der Waals surface area contributed by atoms with Crippen molar-refractivity contribution in [3.8, 4) is 5.75 Å². The summed E-state index contributed by atoms with van der Waals surface area (Å²) in [5.41, 5.74) is 2.39. The first kappa shape index (κ1) is 19.0. The van der Waals surface area contributed by atoms with Gasteiger partial charge in [0.05, 0.1) is 13.7 Å². The zero-order valence-corrected chi connectivity index (χ0v) is 15.7. The number of carbonyl (C=O) groups excluding carboxylic acids is 1. The Morgan fingerprint density at radius 1 is 1.07 bits per heavy atom. The number of methoxy groups -OCH3 is 1. The molecular formula is C20H25N3O4. The third-order valence-corrected chi connectivity index (χ3v) is 4.90. The Morgan fingerprint density at radius 3 is 2.37 bits per heavy atom. The summed E-state index contributed by atoms with van der Waals surface area (Å²) in [5.74, 6) is -0.208. The maximum Gasteiger partial charge on any atom is 0.409 e. The molecule has 1 N–H and O–H groups in total. The van der Waals surface area contributed by atoms with Gasteiger partial charge in [-0.1, -0.05) is 29.8 Å². The molecule has 27 heavy (non-hydrogen) atoms. The molecule has 7 heteroatoms. The van der Waals surface area contributed by atoms with E-state index >= 15 is 0 Å². The number of pyridine rings is 1. The molecule has 1 aromatic heterocycles. The fourth-order valence-corrected chi connectivity index (χ4v) is 3.20. The van der Waals surface area contributed by atoms with Crippen LogP contribution in [0.15, 0.2) is 41.3 Å². The van der Waals surface area contributed by atoms with E-state index in [2.05, 4.69) is 4.90 Å². The molecule has 0 unspecified atom stereocenters. The summed E-state index contributed by atoms with van der Waals surface area (Å²) in [6.07, 6.45) is 1.40. The van der Waals surface area contributed by atoms with Gasteiger partial charge in [-0.3, -0.25) is 9.69 Å². The van der Waals surface area contributed by atoms with E-state index in [0.717, 1.165) is 11.1 Å².